The molecule has 0 radical (unpaired) electrons. The normalized spacial score (nSPS) is 23.9. The minimum absolute atomic E-state index is 0.140. The lowest BCUT2D eigenvalue weighted by Crippen LogP contribution is -2.58. The third-order valence-electron chi connectivity index (χ3n) is 8.44. The molecule has 3 aliphatic rings. The number of aromatic nitrogens is 2. The summed E-state index contributed by atoms with van der Waals surface area (Å²) in [6.45, 7) is 11.3. The van der Waals surface area contributed by atoms with Gasteiger partial charge in [-0.15, -0.1) is 0 Å². The number of nitrogens with one attached hydrogen (secondary N) is 1. The molecule has 11 heteroatoms. The van der Waals surface area contributed by atoms with Gasteiger partial charge in [0.15, 0.2) is 0 Å². The zero-order valence-electron chi connectivity index (χ0n) is 23.0. The molecule has 0 bridgehead atoms. The molecule has 2 aromatic rings. The number of anilines is 1. The molecule has 2 saturated heterocycles. The molecule has 3 amide bonds. The van der Waals surface area contributed by atoms with Gasteiger partial charge in [-0.25, -0.2) is 9.59 Å². The van der Waals surface area contributed by atoms with Crippen LogP contribution in [0.25, 0.3) is 5.69 Å². The number of fused-ring (bicyclic) bond motifs is 1. The average molecular weight is 537 g/mol. The first-order chi connectivity index (χ1) is 18.5. The molecule has 3 unspecified atom stereocenters. The van der Waals surface area contributed by atoms with Crippen molar-refractivity contribution in [1.82, 2.24) is 24.3 Å². The van der Waals surface area contributed by atoms with Crippen LogP contribution in [-0.4, -0.2) is 94.1 Å². The zero-order chi connectivity index (χ0) is 27.9. The minimum atomic E-state index is -0.945. The van der Waals surface area contributed by atoms with E-state index in [1.54, 1.807) is 35.9 Å². The lowest BCUT2D eigenvalue weighted by molar-refractivity contribution is -0.137. The summed E-state index contributed by atoms with van der Waals surface area (Å²) in [5.74, 6) is 2.76. The van der Waals surface area contributed by atoms with Gasteiger partial charge >= 0.3 is 11.7 Å². The Kier molecular flexibility index (Phi) is 7.49. The van der Waals surface area contributed by atoms with Gasteiger partial charge in [-0.05, 0) is 67.8 Å². The Balaban J connectivity index is 1.14. The second-order valence-electron chi connectivity index (χ2n) is 11.8. The third kappa shape index (κ3) is 5.85. The van der Waals surface area contributed by atoms with Crippen LogP contribution in [0.5, 0.6) is 0 Å². The number of hydrogen-bond donors (Lipinski definition) is 3. The number of piperazine rings is 1. The third-order valence-corrected chi connectivity index (χ3v) is 8.44. The van der Waals surface area contributed by atoms with Gasteiger partial charge < -0.3 is 26.2 Å². The van der Waals surface area contributed by atoms with Crippen LogP contribution >= 0.6 is 0 Å². The molecule has 1 aromatic carbocycles. The first-order valence-electron chi connectivity index (χ1n) is 13.8. The fourth-order valence-corrected chi connectivity index (χ4v) is 6.07. The fraction of sp³-hybridized carbons (Fsp3) is 0.571. The number of carbonyl (C=O) groups excluding carboxylic acids is 2. The van der Waals surface area contributed by atoms with Crippen LogP contribution in [0, 0.1) is 17.8 Å². The lowest BCUT2D eigenvalue weighted by atomic mass is 10.00. The van der Waals surface area contributed by atoms with Gasteiger partial charge in [0.25, 0.3) is 0 Å². The Labute approximate surface area is 229 Å². The summed E-state index contributed by atoms with van der Waals surface area (Å²) in [6.07, 6.45) is 1.62. The van der Waals surface area contributed by atoms with E-state index in [2.05, 4.69) is 34.3 Å². The molecule has 1 aliphatic carbocycles. The predicted octanol–water partition coefficient (Wildman–Crippen LogP) is 0.886. The topological polar surface area (TPSA) is 143 Å². The summed E-state index contributed by atoms with van der Waals surface area (Å²) in [5.41, 5.74) is 12.3. The number of benzene rings is 1. The summed E-state index contributed by atoms with van der Waals surface area (Å²) >= 11 is 0. The van der Waals surface area contributed by atoms with Crippen LogP contribution in [-0.2, 0) is 4.79 Å². The van der Waals surface area contributed by atoms with Crippen molar-refractivity contribution < 1.29 is 9.59 Å². The first-order valence-corrected chi connectivity index (χ1v) is 13.8. The molecule has 1 aromatic heterocycles. The number of nitrogens with zero attached hydrogens (tertiary/aromatic N) is 5. The van der Waals surface area contributed by atoms with Crippen molar-refractivity contribution in [1.29, 1.82) is 0 Å². The monoisotopic (exact) mass is 536 g/mol. The molecule has 2 aliphatic heterocycles. The molecule has 210 valence electrons. The van der Waals surface area contributed by atoms with Crippen LogP contribution in [0.15, 0.2) is 41.3 Å². The molecule has 3 fully saturated rings. The lowest BCUT2D eigenvalue weighted by Gasteiger charge is -2.37. The van der Waals surface area contributed by atoms with Crippen molar-refractivity contribution in [2.45, 2.75) is 32.2 Å². The Morgan fingerprint density at radius 2 is 1.67 bits per heavy atom. The second-order valence-corrected chi connectivity index (χ2v) is 11.8. The summed E-state index contributed by atoms with van der Waals surface area (Å²) in [7, 11) is 0. The predicted molar refractivity (Wildman–Crippen MR) is 150 cm³/mol. The molecule has 11 nitrogen and oxygen atoms in total. The molecule has 3 atom stereocenters. The Morgan fingerprint density at radius 3 is 2.23 bits per heavy atom. The second kappa shape index (κ2) is 10.7. The number of piperidine rings is 1. The quantitative estimate of drug-likeness (QED) is 0.477. The summed E-state index contributed by atoms with van der Waals surface area (Å²) in [5, 5.41) is 2.70. The number of urea groups is 1. The number of rotatable bonds is 7. The summed E-state index contributed by atoms with van der Waals surface area (Å²) in [6, 6.07) is 9.26. The average Bonchev–Trinajstić information content (AvgIpc) is 3.39. The highest BCUT2D eigenvalue weighted by Gasteiger charge is 2.54. The Morgan fingerprint density at radius 1 is 1.05 bits per heavy atom. The minimum Gasteiger partial charge on any atom is -0.338 e. The summed E-state index contributed by atoms with van der Waals surface area (Å²) < 4.78 is 1.46. The van der Waals surface area contributed by atoms with Gasteiger partial charge in [-0.1, -0.05) is 19.1 Å². The van der Waals surface area contributed by atoms with Crippen molar-refractivity contribution in [2.24, 2.45) is 29.2 Å². The van der Waals surface area contributed by atoms with Crippen LogP contribution in [0.3, 0.4) is 0 Å². The number of likely N-dealkylation sites (tertiary alicyclic amines) is 1. The standard InChI is InChI=1S/C28H40N8O3/c1-18(15-33-16-22-21(14-29)23(22)17-33)19-4-6-20(7-5-19)36-9-8-24(32-27(36)39)31-26(38)35-12-10-34(11-13-35)25(37)28(2,3)30/h4-9,18,21-23H,10-17,29-30H2,1-3H3,(H,31,32,38,39). The van der Waals surface area contributed by atoms with Crippen LogP contribution in [0.2, 0.25) is 0 Å². The molecular formula is C28H40N8O3. The number of nitrogens with two attached hydrogens (primary N) is 2. The van der Waals surface area contributed by atoms with E-state index in [0.29, 0.717) is 32.1 Å². The maximum atomic E-state index is 12.8. The van der Waals surface area contributed by atoms with E-state index in [1.807, 2.05) is 12.1 Å². The molecule has 5 rings (SSSR count). The van der Waals surface area contributed by atoms with Crippen molar-refractivity contribution in [3.8, 4) is 5.69 Å². The zero-order valence-corrected chi connectivity index (χ0v) is 23.0. The van der Waals surface area contributed by atoms with Crippen LogP contribution in [0.4, 0.5) is 10.6 Å². The largest absolute Gasteiger partial charge is 0.354 e. The highest BCUT2D eigenvalue weighted by molar-refractivity contribution is 5.89. The van der Waals surface area contributed by atoms with Crippen molar-refractivity contribution >= 4 is 17.8 Å². The number of amides is 3. The van der Waals surface area contributed by atoms with Crippen LogP contribution in [0.1, 0.15) is 32.3 Å². The highest BCUT2D eigenvalue weighted by Crippen LogP contribution is 2.51. The van der Waals surface area contributed by atoms with Gasteiger partial charge in [0.1, 0.15) is 5.82 Å². The van der Waals surface area contributed by atoms with Crippen molar-refractivity contribution in [2.75, 3.05) is 57.7 Å². The smallest absolute Gasteiger partial charge is 0.338 e. The van der Waals surface area contributed by atoms with Crippen molar-refractivity contribution in [3.05, 3.63) is 52.6 Å². The number of carbonyl (C=O) groups is 2. The van der Waals surface area contributed by atoms with E-state index >= 15 is 0 Å². The fourth-order valence-electron chi connectivity index (χ4n) is 6.07. The molecule has 5 N–H and O–H groups in total. The molecule has 39 heavy (non-hydrogen) atoms. The SMILES string of the molecule is CC(CN1CC2C(CN)C2C1)c1ccc(-n2ccc(NC(=O)N3CCN(C(=O)C(C)(C)N)CC3)nc2=O)cc1. The van der Waals surface area contributed by atoms with Gasteiger partial charge in [0.2, 0.25) is 5.91 Å². The molecule has 3 heterocycles. The Bertz CT molecular complexity index is 1250. The maximum Gasteiger partial charge on any atom is 0.354 e. The molecular weight excluding hydrogens is 496 g/mol. The van der Waals surface area contributed by atoms with E-state index in [9.17, 15) is 14.4 Å². The van der Waals surface area contributed by atoms with E-state index in [1.165, 1.54) is 10.1 Å². The number of hydrogen-bond acceptors (Lipinski definition) is 7. The molecule has 0 spiro atoms. The highest BCUT2D eigenvalue weighted by atomic mass is 16.2. The van der Waals surface area contributed by atoms with Crippen LogP contribution < -0.4 is 22.5 Å². The molecule has 1 saturated carbocycles. The van der Waals surface area contributed by atoms with Gasteiger partial charge in [-0.3, -0.25) is 14.7 Å². The maximum absolute atomic E-state index is 12.8. The first kappa shape index (κ1) is 27.3. The van der Waals surface area contributed by atoms with Crippen molar-refractivity contribution in [3.63, 3.8) is 0 Å². The van der Waals surface area contributed by atoms with E-state index in [-0.39, 0.29) is 17.8 Å². The van der Waals surface area contributed by atoms with E-state index < -0.39 is 11.2 Å². The Hall–Kier alpha value is -3.28. The van der Waals surface area contributed by atoms with Gasteiger partial charge in [0, 0.05) is 52.0 Å². The van der Waals surface area contributed by atoms with Gasteiger partial charge in [0.05, 0.1) is 11.2 Å². The van der Waals surface area contributed by atoms with E-state index in [4.69, 9.17) is 11.5 Å². The van der Waals surface area contributed by atoms with Gasteiger partial charge in [-0.2, -0.15) is 4.98 Å². The van der Waals surface area contributed by atoms with E-state index in [0.717, 1.165) is 49.6 Å². The summed E-state index contributed by atoms with van der Waals surface area (Å²) in [4.78, 5) is 47.7.